The van der Waals surface area contributed by atoms with Crippen LogP contribution in [0.15, 0.2) is 12.2 Å². The Labute approximate surface area is 127 Å². The van der Waals surface area contributed by atoms with Crippen LogP contribution in [0.3, 0.4) is 0 Å². The molecule has 0 spiro atoms. The highest BCUT2D eigenvalue weighted by molar-refractivity contribution is 5.90. The quantitative estimate of drug-likeness (QED) is 0.679. The molecule has 21 heavy (non-hydrogen) atoms. The summed E-state index contributed by atoms with van der Waals surface area (Å²) < 4.78 is 0. The topological polar surface area (TPSA) is 34.1 Å². The van der Waals surface area contributed by atoms with Crippen LogP contribution < -0.4 is 0 Å². The van der Waals surface area contributed by atoms with Crippen molar-refractivity contribution in [2.24, 2.45) is 40.9 Å². The van der Waals surface area contributed by atoms with E-state index in [1.165, 1.54) is 12.8 Å². The molecule has 3 fully saturated rings. The molecule has 4 aliphatic rings. The number of fused-ring (bicyclic) bond motifs is 5. The van der Waals surface area contributed by atoms with Crippen molar-refractivity contribution in [3.8, 4) is 0 Å². The molecule has 0 bridgehead atoms. The van der Waals surface area contributed by atoms with Gasteiger partial charge in [0.15, 0.2) is 5.78 Å². The Kier molecular flexibility index (Phi) is 2.96. The first-order valence-electron chi connectivity index (χ1n) is 8.75. The summed E-state index contributed by atoms with van der Waals surface area (Å²) in [7, 11) is 0. The molecule has 1 unspecified atom stereocenters. The highest BCUT2D eigenvalue weighted by Crippen LogP contribution is 2.61. The number of carbonyl (C=O) groups excluding carboxylic acids is 2. The number of ketones is 2. The van der Waals surface area contributed by atoms with Crippen molar-refractivity contribution in [2.45, 2.75) is 52.4 Å². The predicted molar refractivity (Wildman–Crippen MR) is 81.6 cm³/mol. The molecule has 4 aliphatic carbocycles. The van der Waals surface area contributed by atoms with Gasteiger partial charge in [-0.3, -0.25) is 9.59 Å². The fourth-order valence-electron chi connectivity index (χ4n) is 6.47. The van der Waals surface area contributed by atoms with E-state index >= 15 is 0 Å². The fraction of sp³-hybridized carbons (Fsp3) is 0.789. The van der Waals surface area contributed by atoms with Crippen LogP contribution in [0.1, 0.15) is 52.4 Å². The van der Waals surface area contributed by atoms with E-state index in [0.717, 1.165) is 25.7 Å². The Morgan fingerprint density at radius 3 is 2.86 bits per heavy atom. The van der Waals surface area contributed by atoms with Crippen LogP contribution in [0.4, 0.5) is 0 Å². The number of hydrogen-bond acceptors (Lipinski definition) is 2. The molecule has 2 nitrogen and oxygen atoms in total. The van der Waals surface area contributed by atoms with E-state index in [1.54, 1.807) is 0 Å². The summed E-state index contributed by atoms with van der Waals surface area (Å²) in [6.07, 6.45) is 10.2. The van der Waals surface area contributed by atoms with Gasteiger partial charge in [-0.15, -0.1) is 0 Å². The molecular formula is C19H26O2. The zero-order valence-corrected chi connectivity index (χ0v) is 13.2. The van der Waals surface area contributed by atoms with E-state index in [9.17, 15) is 9.59 Å². The van der Waals surface area contributed by atoms with Crippen molar-refractivity contribution in [3.05, 3.63) is 12.2 Å². The van der Waals surface area contributed by atoms with Crippen LogP contribution >= 0.6 is 0 Å². The van der Waals surface area contributed by atoms with Crippen molar-refractivity contribution in [3.63, 3.8) is 0 Å². The molecule has 0 aromatic rings. The van der Waals surface area contributed by atoms with E-state index in [-0.39, 0.29) is 5.41 Å². The fourth-order valence-corrected chi connectivity index (χ4v) is 6.47. The van der Waals surface area contributed by atoms with Crippen molar-refractivity contribution in [1.82, 2.24) is 0 Å². The first kappa shape index (κ1) is 13.7. The van der Waals surface area contributed by atoms with Gasteiger partial charge in [0.05, 0.1) is 0 Å². The third kappa shape index (κ3) is 1.83. The third-order valence-corrected chi connectivity index (χ3v) is 7.43. The van der Waals surface area contributed by atoms with Gasteiger partial charge in [-0.05, 0) is 67.3 Å². The maximum Gasteiger partial charge on any atom is 0.155 e. The molecule has 4 rings (SSSR count). The Bertz CT molecular complexity index is 520. The van der Waals surface area contributed by atoms with Gasteiger partial charge in [-0.2, -0.15) is 0 Å². The zero-order valence-electron chi connectivity index (χ0n) is 13.2. The molecule has 0 heterocycles. The van der Waals surface area contributed by atoms with Gasteiger partial charge in [0, 0.05) is 18.3 Å². The van der Waals surface area contributed by atoms with Gasteiger partial charge in [-0.25, -0.2) is 0 Å². The molecule has 7 atom stereocenters. The summed E-state index contributed by atoms with van der Waals surface area (Å²) in [5.41, 5.74) is -0.0313. The van der Waals surface area contributed by atoms with Crippen LogP contribution in [-0.2, 0) is 9.59 Å². The lowest BCUT2D eigenvalue weighted by atomic mass is 9.49. The summed E-state index contributed by atoms with van der Waals surface area (Å²) in [4.78, 5) is 24.1. The average Bonchev–Trinajstić information content (AvgIpc) is 2.74. The van der Waals surface area contributed by atoms with Gasteiger partial charge < -0.3 is 0 Å². The van der Waals surface area contributed by atoms with E-state index in [0.29, 0.717) is 47.1 Å². The normalized spacial score (nSPS) is 52.3. The second kappa shape index (κ2) is 4.54. The minimum absolute atomic E-state index is 0.0313. The third-order valence-electron chi connectivity index (χ3n) is 7.43. The number of Topliss-reactive ketones (excluding diaryl/α,β-unsaturated/α-hetero) is 1. The van der Waals surface area contributed by atoms with Crippen molar-refractivity contribution >= 4 is 11.6 Å². The standard InChI is InChI=1S/C19H26O2/c1-11-9-12-10-13(20)3-4-14(12)15-7-8-19(2)16(18(11)15)5-6-17(19)21/h3-4,11-12,14-16,18H,5-10H2,1-2H3/t11-,12?,14-,15-,16+,18-,19+/m1/s1. The first-order chi connectivity index (χ1) is 10.0. The summed E-state index contributed by atoms with van der Waals surface area (Å²) in [6.45, 7) is 4.62. The highest BCUT2D eigenvalue weighted by Gasteiger charge is 2.58. The van der Waals surface area contributed by atoms with Gasteiger partial charge in [0.1, 0.15) is 5.78 Å². The van der Waals surface area contributed by atoms with Crippen LogP contribution in [0.2, 0.25) is 0 Å². The highest BCUT2D eigenvalue weighted by atomic mass is 16.1. The second-order valence-corrected chi connectivity index (χ2v) is 8.35. The average molecular weight is 286 g/mol. The molecule has 0 saturated heterocycles. The Balaban J connectivity index is 1.69. The van der Waals surface area contributed by atoms with Crippen molar-refractivity contribution < 1.29 is 9.59 Å². The molecule has 2 heteroatoms. The number of hydrogen-bond donors (Lipinski definition) is 0. The van der Waals surface area contributed by atoms with Crippen molar-refractivity contribution in [1.29, 1.82) is 0 Å². The molecule has 0 amide bonds. The van der Waals surface area contributed by atoms with Crippen LogP contribution in [0.25, 0.3) is 0 Å². The van der Waals surface area contributed by atoms with Crippen LogP contribution in [0.5, 0.6) is 0 Å². The monoisotopic (exact) mass is 286 g/mol. The van der Waals surface area contributed by atoms with Gasteiger partial charge in [0.2, 0.25) is 0 Å². The van der Waals surface area contributed by atoms with E-state index in [1.807, 2.05) is 6.08 Å². The maximum atomic E-state index is 12.4. The number of carbonyl (C=O) groups is 2. The zero-order chi connectivity index (χ0) is 14.8. The summed E-state index contributed by atoms with van der Waals surface area (Å²) >= 11 is 0. The lowest BCUT2D eigenvalue weighted by molar-refractivity contribution is -0.134. The summed E-state index contributed by atoms with van der Waals surface area (Å²) in [5.74, 6) is 4.70. The largest absolute Gasteiger partial charge is 0.299 e. The first-order valence-corrected chi connectivity index (χ1v) is 8.75. The lowest BCUT2D eigenvalue weighted by Crippen LogP contribution is -2.50. The second-order valence-electron chi connectivity index (χ2n) is 8.35. The molecule has 0 aliphatic heterocycles. The number of rotatable bonds is 0. The van der Waals surface area contributed by atoms with Crippen LogP contribution in [-0.4, -0.2) is 11.6 Å². The number of allylic oxidation sites excluding steroid dienone is 2. The molecule has 114 valence electrons. The molecular weight excluding hydrogens is 260 g/mol. The molecule has 0 aromatic heterocycles. The van der Waals surface area contributed by atoms with Gasteiger partial charge in [0.25, 0.3) is 0 Å². The van der Waals surface area contributed by atoms with Gasteiger partial charge in [-0.1, -0.05) is 19.9 Å². The lowest BCUT2D eigenvalue weighted by Gasteiger charge is -2.55. The smallest absolute Gasteiger partial charge is 0.155 e. The Morgan fingerprint density at radius 2 is 2.05 bits per heavy atom. The van der Waals surface area contributed by atoms with E-state index in [2.05, 4.69) is 19.9 Å². The summed E-state index contributed by atoms with van der Waals surface area (Å²) in [5, 5.41) is 0. The van der Waals surface area contributed by atoms with E-state index < -0.39 is 0 Å². The molecule has 0 radical (unpaired) electrons. The maximum absolute atomic E-state index is 12.4. The minimum Gasteiger partial charge on any atom is -0.299 e. The molecule has 0 N–H and O–H groups in total. The SMILES string of the molecule is C[C@@H]1CC2CC(=O)C=C[C@H]2[C@H]2CC[C@]3(C)C(=O)CC[C@H]3[C@@H]21. The predicted octanol–water partition coefficient (Wildman–Crippen LogP) is 3.80. The minimum atomic E-state index is -0.0313. The molecule has 0 aromatic carbocycles. The van der Waals surface area contributed by atoms with E-state index in [4.69, 9.17) is 0 Å². The van der Waals surface area contributed by atoms with Crippen LogP contribution in [0, 0.1) is 40.9 Å². The Morgan fingerprint density at radius 1 is 1.24 bits per heavy atom. The molecule has 3 saturated carbocycles. The van der Waals surface area contributed by atoms with Crippen molar-refractivity contribution in [2.75, 3.05) is 0 Å². The summed E-state index contributed by atoms with van der Waals surface area (Å²) in [6, 6.07) is 0. The Hall–Kier alpha value is -0.920. The van der Waals surface area contributed by atoms with Gasteiger partial charge >= 0.3 is 0 Å².